The average Bonchev–Trinajstić information content (AvgIpc) is 2.17. The molecule has 0 amide bonds. The highest BCUT2D eigenvalue weighted by Crippen LogP contribution is 2.30. The van der Waals surface area contributed by atoms with Crippen LogP contribution in [0.15, 0.2) is 0 Å². The number of rotatable bonds is 1. The normalized spacial score (nSPS) is 26.2. The summed E-state index contributed by atoms with van der Waals surface area (Å²) in [4.78, 5) is 0. The first-order valence-corrected chi connectivity index (χ1v) is 7.97. The number of hydrogen-bond donors (Lipinski definition) is 0. The predicted molar refractivity (Wildman–Crippen MR) is 49.4 cm³/mol. The number of alkyl halides is 1. The van der Waals surface area contributed by atoms with E-state index in [1.54, 1.807) is 12.1 Å². The fourth-order valence-electron chi connectivity index (χ4n) is 1.36. The highest BCUT2D eigenvalue weighted by Gasteiger charge is 2.28. The molecule has 0 unspecified atom stereocenters. The van der Waals surface area contributed by atoms with E-state index in [1.165, 1.54) is 16.9 Å². The molecule has 0 spiro atoms. The van der Waals surface area contributed by atoms with Crippen LogP contribution in [0.2, 0.25) is 18.6 Å². The Hall–Kier alpha value is 0.947. The van der Waals surface area contributed by atoms with Crippen LogP contribution in [0.5, 0.6) is 0 Å². The molecule has 0 aromatic rings. The fraction of sp³-hybridized carbons (Fsp3) is 1.00. The van der Waals surface area contributed by atoms with Gasteiger partial charge in [0.15, 0.2) is 0 Å². The van der Waals surface area contributed by atoms with Crippen LogP contribution in [0.1, 0.15) is 12.8 Å². The van der Waals surface area contributed by atoms with Gasteiger partial charge in [0.25, 0.3) is 0 Å². The van der Waals surface area contributed by atoms with Crippen molar-refractivity contribution in [1.82, 2.24) is 0 Å². The van der Waals surface area contributed by atoms with Crippen LogP contribution < -0.4 is 0 Å². The summed E-state index contributed by atoms with van der Waals surface area (Å²) in [6.45, 7) is 2.55. The lowest BCUT2D eigenvalue weighted by Gasteiger charge is -2.15. The van der Waals surface area contributed by atoms with Gasteiger partial charge in [-0.05, 0) is 4.05 Å². The lowest BCUT2D eigenvalue weighted by Crippen LogP contribution is -2.27. The Kier molecular flexibility index (Phi) is 2.37. The zero-order valence-electron chi connectivity index (χ0n) is 5.41. The first-order valence-electron chi connectivity index (χ1n) is 3.33. The van der Waals surface area contributed by atoms with E-state index < -0.39 is 8.07 Å². The van der Waals surface area contributed by atoms with E-state index in [0.717, 1.165) is 0 Å². The smallest absolute Gasteiger partial charge is 0.0608 e. The van der Waals surface area contributed by atoms with Crippen molar-refractivity contribution in [3.05, 3.63) is 0 Å². The fourth-order valence-corrected chi connectivity index (χ4v) is 6.37. The van der Waals surface area contributed by atoms with Gasteiger partial charge in [0.2, 0.25) is 0 Å². The maximum absolute atomic E-state index is 2.57. The molecule has 1 fully saturated rings. The van der Waals surface area contributed by atoms with Gasteiger partial charge in [0.05, 0.1) is 8.07 Å². The number of halogens is 1. The number of hydrogen-bond acceptors (Lipinski definition) is 0. The van der Waals surface area contributed by atoms with Crippen LogP contribution >= 0.6 is 22.6 Å². The minimum Gasteiger partial charge on any atom is -0.0897 e. The highest BCUT2D eigenvalue weighted by molar-refractivity contribution is 14.1. The topological polar surface area (TPSA) is 0 Å². The summed E-state index contributed by atoms with van der Waals surface area (Å²) >= 11 is 2.57. The molecular weight excluding hydrogens is 227 g/mol. The molecule has 0 N–H and O–H groups in total. The molecule has 0 aliphatic carbocycles. The second kappa shape index (κ2) is 2.69. The van der Waals surface area contributed by atoms with E-state index in [2.05, 4.69) is 29.1 Å². The van der Waals surface area contributed by atoms with Crippen molar-refractivity contribution in [2.45, 2.75) is 31.5 Å². The van der Waals surface area contributed by atoms with Crippen LogP contribution in [-0.4, -0.2) is 12.1 Å². The molecule has 1 heterocycles. The first kappa shape index (κ1) is 7.06. The summed E-state index contributed by atoms with van der Waals surface area (Å²) in [6.07, 6.45) is 3.07. The van der Waals surface area contributed by atoms with Crippen molar-refractivity contribution >= 4 is 30.7 Å². The van der Waals surface area contributed by atoms with Crippen molar-refractivity contribution < 1.29 is 0 Å². The van der Waals surface area contributed by atoms with E-state index >= 15 is 0 Å². The molecule has 0 atom stereocenters. The average molecular weight is 240 g/mol. The molecule has 0 aromatic carbocycles. The van der Waals surface area contributed by atoms with Crippen molar-refractivity contribution in [3.8, 4) is 0 Å². The van der Waals surface area contributed by atoms with Crippen molar-refractivity contribution in [2.24, 2.45) is 0 Å². The van der Waals surface area contributed by atoms with Crippen LogP contribution in [0.25, 0.3) is 0 Å². The van der Waals surface area contributed by atoms with E-state index in [0.29, 0.717) is 0 Å². The molecule has 1 aliphatic heterocycles. The van der Waals surface area contributed by atoms with Crippen LogP contribution in [0, 0.1) is 0 Å². The molecular formula is C6H13ISi. The Labute approximate surface area is 66.2 Å². The van der Waals surface area contributed by atoms with Crippen LogP contribution in [0.4, 0.5) is 0 Å². The van der Waals surface area contributed by atoms with E-state index in [9.17, 15) is 0 Å². The maximum atomic E-state index is 2.57. The molecule has 48 valence electrons. The van der Waals surface area contributed by atoms with Crippen LogP contribution in [0.3, 0.4) is 0 Å². The summed E-state index contributed by atoms with van der Waals surface area (Å²) in [6, 6.07) is 3.21. The Morgan fingerprint density at radius 3 is 2.12 bits per heavy atom. The van der Waals surface area contributed by atoms with E-state index in [4.69, 9.17) is 0 Å². The van der Waals surface area contributed by atoms with Gasteiger partial charge in [-0.3, -0.25) is 0 Å². The summed E-state index contributed by atoms with van der Waals surface area (Å²) in [5.74, 6) is 0. The van der Waals surface area contributed by atoms with Crippen molar-refractivity contribution in [2.75, 3.05) is 4.05 Å². The second-order valence-electron chi connectivity index (χ2n) is 3.15. The Morgan fingerprint density at radius 1 is 1.38 bits per heavy atom. The molecule has 0 aromatic heterocycles. The first-order chi connectivity index (χ1) is 3.77. The summed E-state index contributed by atoms with van der Waals surface area (Å²) in [5, 5.41) is 0. The molecule has 0 saturated carbocycles. The lowest BCUT2D eigenvalue weighted by molar-refractivity contribution is 0.935. The third kappa shape index (κ3) is 1.47. The van der Waals surface area contributed by atoms with Gasteiger partial charge in [0.1, 0.15) is 0 Å². The van der Waals surface area contributed by atoms with Crippen LogP contribution in [-0.2, 0) is 0 Å². The van der Waals surface area contributed by atoms with Gasteiger partial charge >= 0.3 is 0 Å². The minimum absolute atomic E-state index is 0.574. The van der Waals surface area contributed by atoms with Crippen molar-refractivity contribution in [1.29, 1.82) is 0 Å². The molecule has 2 heteroatoms. The zero-order chi connectivity index (χ0) is 6.04. The third-order valence-electron chi connectivity index (χ3n) is 2.13. The Bertz CT molecular complexity index is 76.6. The molecule has 1 rings (SSSR count). The SMILES string of the molecule is C[Si]1(CI)CCCC1. The third-order valence-corrected chi connectivity index (χ3v) is 11.4. The lowest BCUT2D eigenvalue weighted by atomic mass is 10.4. The van der Waals surface area contributed by atoms with Gasteiger partial charge in [-0.15, -0.1) is 0 Å². The summed E-state index contributed by atoms with van der Waals surface area (Å²) in [5.41, 5.74) is 0. The Balaban J connectivity index is 2.40. The molecule has 0 nitrogen and oxygen atoms in total. The van der Waals surface area contributed by atoms with Gasteiger partial charge in [0, 0.05) is 0 Å². The molecule has 8 heavy (non-hydrogen) atoms. The second-order valence-corrected chi connectivity index (χ2v) is 10.3. The van der Waals surface area contributed by atoms with E-state index in [1.807, 2.05) is 0 Å². The largest absolute Gasteiger partial charge is 0.0897 e. The van der Waals surface area contributed by atoms with Gasteiger partial charge in [-0.1, -0.05) is 54.1 Å². The zero-order valence-corrected chi connectivity index (χ0v) is 8.57. The predicted octanol–water partition coefficient (Wildman–Crippen LogP) is 2.83. The van der Waals surface area contributed by atoms with Gasteiger partial charge in [-0.2, -0.15) is 0 Å². The van der Waals surface area contributed by atoms with Gasteiger partial charge in [-0.25, -0.2) is 0 Å². The molecule has 0 bridgehead atoms. The standard InChI is InChI=1S/C6H13ISi/c1-8(6-7)4-2-3-5-8/h2-6H2,1H3. The Morgan fingerprint density at radius 2 is 1.88 bits per heavy atom. The summed E-state index contributed by atoms with van der Waals surface area (Å²) < 4.78 is 1.49. The summed E-state index contributed by atoms with van der Waals surface area (Å²) in [7, 11) is -0.574. The maximum Gasteiger partial charge on any atom is 0.0608 e. The molecule has 1 aliphatic rings. The van der Waals surface area contributed by atoms with Gasteiger partial charge < -0.3 is 0 Å². The quantitative estimate of drug-likeness (QED) is 0.375. The van der Waals surface area contributed by atoms with E-state index in [-0.39, 0.29) is 0 Å². The van der Waals surface area contributed by atoms with Crippen molar-refractivity contribution in [3.63, 3.8) is 0 Å². The highest BCUT2D eigenvalue weighted by atomic mass is 127. The minimum atomic E-state index is -0.574. The molecule has 1 saturated heterocycles. The molecule has 0 radical (unpaired) electrons. The monoisotopic (exact) mass is 240 g/mol.